The molecule has 0 aromatic carbocycles. The molecule has 2 N–H and O–H groups in total. The zero-order valence-corrected chi connectivity index (χ0v) is 10.2. The third kappa shape index (κ3) is 2.56. The lowest BCUT2D eigenvalue weighted by molar-refractivity contribution is -0.140. The van der Waals surface area contributed by atoms with Crippen LogP contribution in [0, 0.1) is 0 Å². The number of amides is 1. The van der Waals surface area contributed by atoms with Gasteiger partial charge in [-0.1, -0.05) is 24.0 Å². The molecule has 1 aliphatic rings. The molecule has 0 radical (unpaired) electrons. The number of aromatic amines is 1. The molecule has 2 heterocycles. The summed E-state index contributed by atoms with van der Waals surface area (Å²) < 4.78 is 0.273. The fraction of sp³-hybridized carbons (Fsp3) is 0.100. The van der Waals surface area contributed by atoms with Crippen LogP contribution in [0.4, 0.5) is 0 Å². The maximum atomic E-state index is 11.8. The first-order valence-corrected chi connectivity index (χ1v) is 5.91. The normalized spacial score (nSPS) is 18.1. The summed E-state index contributed by atoms with van der Waals surface area (Å²) in [5.74, 6) is -1.44. The quantitative estimate of drug-likeness (QED) is 0.638. The maximum Gasteiger partial charge on any atom is 0.323 e. The van der Waals surface area contributed by atoms with Crippen LogP contribution in [0.1, 0.15) is 5.69 Å². The maximum absolute atomic E-state index is 11.8. The van der Waals surface area contributed by atoms with E-state index in [4.69, 9.17) is 17.3 Å². The Morgan fingerprint density at radius 2 is 2.41 bits per heavy atom. The van der Waals surface area contributed by atoms with Crippen molar-refractivity contribution >= 4 is 46.3 Å². The molecule has 0 bridgehead atoms. The predicted molar refractivity (Wildman–Crippen MR) is 68.3 cm³/mol. The summed E-state index contributed by atoms with van der Waals surface area (Å²) in [5, 5.41) is 8.66. The number of hydrogen-bond acceptors (Lipinski definition) is 4. The van der Waals surface area contributed by atoms with E-state index < -0.39 is 12.5 Å². The number of aromatic nitrogens is 1. The summed E-state index contributed by atoms with van der Waals surface area (Å²) in [6, 6.07) is 3.62. The lowest BCUT2D eigenvalue weighted by atomic mass is 10.3. The van der Waals surface area contributed by atoms with Crippen LogP contribution in [0.2, 0.25) is 0 Å². The Morgan fingerprint density at radius 3 is 3.00 bits per heavy atom. The van der Waals surface area contributed by atoms with Crippen molar-refractivity contribution in [2.45, 2.75) is 0 Å². The second kappa shape index (κ2) is 4.72. The lowest BCUT2D eigenvalue weighted by Gasteiger charge is -2.09. The van der Waals surface area contributed by atoms with Gasteiger partial charge in [0.15, 0.2) is 0 Å². The Balaban J connectivity index is 2.21. The molecule has 5 nitrogen and oxygen atoms in total. The van der Waals surface area contributed by atoms with Crippen LogP contribution in [-0.2, 0) is 9.59 Å². The summed E-state index contributed by atoms with van der Waals surface area (Å²) in [4.78, 5) is 26.9. The van der Waals surface area contributed by atoms with Gasteiger partial charge < -0.3 is 10.1 Å². The van der Waals surface area contributed by atoms with Gasteiger partial charge in [0.05, 0.1) is 4.91 Å². The Hall–Kier alpha value is -1.60. The summed E-state index contributed by atoms with van der Waals surface area (Å²) in [7, 11) is 0. The molecule has 1 aromatic heterocycles. The summed E-state index contributed by atoms with van der Waals surface area (Å²) >= 11 is 6.07. The van der Waals surface area contributed by atoms with E-state index in [1.54, 1.807) is 12.3 Å². The fourth-order valence-corrected chi connectivity index (χ4v) is 2.59. The van der Waals surface area contributed by atoms with E-state index in [1.807, 2.05) is 12.1 Å². The zero-order valence-electron chi connectivity index (χ0n) is 8.54. The van der Waals surface area contributed by atoms with Gasteiger partial charge >= 0.3 is 5.97 Å². The van der Waals surface area contributed by atoms with Crippen molar-refractivity contribution in [1.82, 2.24) is 9.88 Å². The number of carbonyl (C=O) groups excluding carboxylic acids is 1. The number of thioether (sulfide) groups is 1. The molecule has 0 spiro atoms. The average molecular weight is 268 g/mol. The van der Waals surface area contributed by atoms with Crippen molar-refractivity contribution in [3.63, 3.8) is 0 Å². The molecule has 1 amide bonds. The van der Waals surface area contributed by atoms with Crippen molar-refractivity contribution < 1.29 is 14.7 Å². The van der Waals surface area contributed by atoms with Crippen LogP contribution in [0.3, 0.4) is 0 Å². The highest BCUT2D eigenvalue weighted by Crippen LogP contribution is 2.31. The van der Waals surface area contributed by atoms with E-state index in [2.05, 4.69) is 4.98 Å². The molecule has 2 rings (SSSR count). The van der Waals surface area contributed by atoms with Crippen LogP contribution in [0.25, 0.3) is 6.08 Å². The molecule has 1 fully saturated rings. The van der Waals surface area contributed by atoms with Crippen LogP contribution in [0.15, 0.2) is 23.2 Å². The van der Waals surface area contributed by atoms with Gasteiger partial charge in [-0.25, -0.2) is 0 Å². The molecule has 88 valence electrons. The van der Waals surface area contributed by atoms with Crippen LogP contribution >= 0.6 is 24.0 Å². The number of nitrogens with one attached hydrogen (secondary N) is 1. The Labute approximate surface area is 106 Å². The van der Waals surface area contributed by atoms with Gasteiger partial charge in [0, 0.05) is 11.9 Å². The average Bonchev–Trinajstić information content (AvgIpc) is 2.83. The smallest absolute Gasteiger partial charge is 0.323 e. The minimum atomic E-state index is -1.08. The molecule has 1 aliphatic heterocycles. The van der Waals surface area contributed by atoms with Crippen molar-refractivity contribution in [1.29, 1.82) is 0 Å². The number of carboxylic acid groups (broad SMARTS) is 1. The molecule has 1 aromatic rings. The second-order valence-electron chi connectivity index (χ2n) is 3.29. The first kappa shape index (κ1) is 11.9. The monoisotopic (exact) mass is 268 g/mol. The number of rotatable bonds is 3. The third-order valence-electron chi connectivity index (χ3n) is 2.08. The van der Waals surface area contributed by atoms with Gasteiger partial charge in [-0.05, 0) is 18.2 Å². The third-order valence-corrected chi connectivity index (χ3v) is 3.45. The molecule has 0 aliphatic carbocycles. The highest BCUT2D eigenvalue weighted by atomic mass is 32.2. The molecule has 0 unspecified atom stereocenters. The Kier molecular flexibility index (Phi) is 3.30. The van der Waals surface area contributed by atoms with Crippen LogP contribution < -0.4 is 0 Å². The molecule has 0 saturated carbocycles. The first-order valence-electron chi connectivity index (χ1n) is 4.68. The molecule has 0 atom stereocenters. The summed E-state index contributed by atoms with van der Waals surface area (Å²) in [6.45, 7) is -0.396. The Morgan fingerprint density at radius 1 is 1.65 bits per heavy atom. The van der Waals surface area contributed by atoms with Gasteiger partial charge in [0.1, 0.15) is 10.9 Å². The van der Waals surface area contributed by atoms with Crippen molar-refractivity contribution in [3.8, 4) is 0 Å². The SMILES string of the molecule is O=C(O)CN1C(=O)/C(=C/c2ccc[nH]2)SC1=S. The number of H-pyrrole nitrogens is 1. The molecule has 17 heavy (non-hydrogen) atoms. The number of hydrogen-bond donors (Lipinski definition) is 2. The highest BCUT2D eigenvalue weighted by molar-refractivity contribution is 8.26. The van der Waals surface area contributed by atoms with E-state index in [0.29, 0.717) is 4.91 Å². The van der Waals surface area contributed by atoms with Crippen molar-refractivity contribution in [2.24, 2.45) is 0 Å². The van der Waals surface area contributed by atoms with Gasteiger partial charge in [-0.3, -0.25) is 14.5 Å². The van der Waals surface area contributed by atoms with Gasteiger partial charge in [0.25, 0.3) is 5.91 Å². The minimum absolute atomic E-state index is 0.273. The van der Waals surface area contributed by atoms with E-state index in [9.17, 15) is 9.59 Å². The molecule has 7 heteroatoms. The summed E-state index contributed by atoms with van der Waals surface area (Å²) in [5.41, 5.74) is 0.779. The van der Waals surface area contributed by atoms with Crippen molar-refractivity contribution in [3.05, 3.63) is 28.9 Å². The zero-order chi connectivity index (χ0) is 12.4. The predicted octanol–water partition coefficient (Wildman–Crippen LogP) is 1.30. The molecule has 1 saturated heterocycles. The van der Waals surface area contributed by atoms with E-state index in [1.165, 1.54) is 0 Å². The highest BCUT2D eigenvalue weighted by Gasteiger charge is 2.33. The number of aliphatic carboxylic acids is 1. The molecular weight excluding hydrogens is 260 g/mol. The van der Waals surface area contributed by atoms with Gasteiger partial charge in [-0.15, -0.1) is 0 Å². The van der Waals surface area contributed by atoms with E-state index in [-0.39, 0.29) is 10.2 Å². The van der Waals surface area contributed by atoms with Crippen LogP contribution in [0.5, 0.6) is 0 Å². The summed E-state index contributed by atoms with van der Waals surface area (Å²) in [6.07, 6.45) is 3.39. The van der Waals surface area contributed by atoms with E-state index >= 15 is 0 Å². The topological polar surface area (TPSA) is 73.4 Å². The number of thiocarbonyl (C=S) groups is 1. The lowest BCUT2D eigenvalue weighted by Crippen LogP contribution is -2.33. The van der Waals surface area contributed by atoms with E-state index in [0.717, 1.165) is 22.4 Å². The van der Waals surface area contributed by atoms with Crippen molar-refractivity contribution in [2.75, 3.05) is 6.54 Å². The van der Waals surface area contributed by atoms with Gasteiger partial charge in [0.2, 0.25) is 0 Å². The largest absolute Gasteiger partial charge is 0.480 e. The molecular formula is C10H8N2O3S2. The second-order valence-corrected chi connectivity index (χ2v) is 4.96. The number of carbonyl (C=O) groups is 2. The Bertz CT molecular complexity index is 508. The number of carboxylic acids is 1. The number of nitrogens with zero attached hydrogens (tertiary/aromatic N) is 1. The van der Waals surface area contributed by atoms with Gasteiger partial charge in [-0.2, -0.15) is 0 Å². The fourth-order valence-electron chi connectivity index (χ4n) is 1.35. The minimum Gasteiger partial charge on any atom is -0.480 e. The standard InChI is InChI=1S/C10H8N2O3S2/c13-8(14)5-12-9(15)7(17-10(12)16)4-6-2-1-3-11-6/h1-4,11H,5H2,(H,13,14)/b7-4-. The first-order chi connectivity index (χ1) is 8.08. The van der Waals surface area contributed by atoms with Crippen LogP contribution in [-0.4, -0.2) is 37.7 Å².